The van der Waals surface area contributed by atoms with E-state index in [0.717, 1.165) is 6.42 Å². The van der Waals surface area contributed by atoms with Crippen LogP contribution in [0.15, 0.2) is 30.6 Å². The molecule has 0 saturated carbocycles. The minimum Gasteiger partial charge on any atom is -0.298 e. The smallest absolute Gasteiger partial charge is 0.230 e. The second-order valence-electron chi connectivity index (χ2n) is 8.27. The first-order valence-corrected chi connectivity index (χ1v) is 12.0. The lowest BCUT2D eigenvalue weighted by atomic mass is 10.0. The van der Waals surface area contributed by atoms with E-state index in [1.807, 2.05) is 42.1 Å². The number of nitrogens with one attached hydrogen (secondary N) is 1. The highest BCUT2D eigenvalue weighted by molar-refractivity contribution is 5.75. The molecule has 1 N–H and O–H groups in total. The first-order chi connectivity index (χ1) is 13.7. The van der Waals surface area contributed by atoms with Gasteiger partial charge >= 0.3 is 0 Å². The number of carbonyl (C=O) groups excluding carboxylic acids is 1. The van der Waals surface area contributed by atoms with Crippen molar-refractivity contribution in [3.05, 3.63) is 30.6 Å². The van der Waals surface area contributed by atoms with E-state index in [4.69, 9.17) is 0 Å². The molecule has 0 saturated heterocycles. The van der Waals surface area contributed by atoms with Crippen molar-refractivity contribution in [3.63, 3.8) is 0 Å². The van der Waals surface area contributed by atoms with Gasteiger partial charge in [0.05, 0.1) is 0 Å². The van der Waals surface area contributed by atoms with Crippen molar-refractivity contribution in [1.82, 2.24) is 5.32 Å². The molecule has 0 aromatic carbocycles. The largest absolute Gasteiger partial charge is 0.298 e. The Morgan fingerprint density at radius 1 is 0.714 bits per heavy atom. The molecular weight excluding hydrogens is 344 g/mol. The Kier molecular flexibility index (Phi) is 15.6. The van der Waals surface area contributed by atoms with Gasteiger partial charge in [0.1, 0.15) is 0 Å². The van der Waals surface area contributed by atoms with Crippen LogP contribution < -0.4 is 9.88 Å². The standard InChI is InChI=1S/C25H44N2O/c1-3-4-5-6-7-8-9-10-11-12-13-14-15-16-18-21-25(28)26-24(2)27-22-19-17-20-23-27/h17,19-20,22-24H,3-16,18,21H2,1-2H3/p+1. The summed E-state index contributed by atoms with van der Waals surface area (Å²) in [7, 11) is 0. The van der Waals surface area contributed by atoms with Crippen LogP contribution in [0.2, 0.25) is 0 Å². The van der Waals surface area contributed by atoms with Crippen molar-refractivity contribution < 1.29 is 9.36 Å². The molecule has 1 rings (SSSR count). The normalized spacial score (nSPS) is 12.1. The Morgan fingerprint density at radius 2 is 1.14 bits per heavy atom. The third-order valence-electron chi connectivity index (χ3n) is 5.56. The van der Waals surface area contributed by atoms with Gasteiger partial charge in [0.25, 0.3) is 0 Å². The van der Waals surface area contributed by atoms with E-state index in [2.05, 4.69) is 12.2 Å². The average Bonchev–Trinajstić information content (AvgIpc) is 2.71. The first kappa shape index (κ1) is 24.7. The van der Waals surface area contributed by atoms with Crippen molar-refractivity contribution in [1.29, 1.82) is 0 Å². The topological polar surface area (TPSA) is 33.0 Å². The maximum absolute atomic E-state index is 12.0. The number of aromatic nitrogens is 1. The summed E-state index contributed by atoms with van der Waals surface area (Å²) in [6.07, 6.45) is 25.0. The van der Waals surface area contributed by atoms with Crippen molar-refractivity contribution in [2.75, 3.05) is 0 Å². The molecule has 0 radical (unpaired) electrons. The minimum atomic E-state index is 0.0186. The van der Waals surface area contributed by atoms with Crippen LogP contribution in [-0.2, 0) is 4.79 Å². The summed E-state index contributed by atoms with van der Waals surface area (Å²) in [5.74, 6) is 0.165. The van der Waals surface area contributed by atoms with Crippen LogP contribution in [0.25, 0.3) is 0 Å². The van der Waals surface area contributed by atoms with Crippen LogP contribution in [0, 0.1) is 0 Å². The zero-order valence-electron chi connectivity index (χ0n) is 18.6. The van der Waals surface area contributed by atoms with Gasteiger partial charge in [-0.3, -0.25) is 10.1 Å². The number of nitrogens with zero attached hydrogens (tertiary/aromatic N) is 1. The highest BCUT2D eigenvalue weighted by Gasteiger charge is 2.13. The number of hydrogen-bond acceptors (Lipinski definition) is 1. The van der Waals surface area contributed by atoms with Crippen molar-refractivity contribution in [2.24, 2.45) is 0 Å². The Labute approximate surface area is 174 Å². The van der Waals surface area contributed by atoms with Crippen LogP contribution >= 0.6 is 0 Å². The quantitative estimate of drug-likeness (QED) is 0.216. The van der Waals surface area contributed by atoms with Crippen LogP contribution in [0.1, 0.15) is 123 Å². The molecule has 160 valence electrons. The van der Waals surface area contributed by atoms with E-state index in [1.165, 1.54) is 89.9 Å². The van der Waals surface area contributed by atoms with E-state index < -0.39 is 0 Å². The number of carbonyl (C=O) groups is 1. The molecule has 1 heterocycles. The van der Waals surface area contributed by atoms with Crippen molar-refractivity contribution in [2.45, 2.75) is 123 Å². The molecule has 3 heteroatoms. The minimum absolute atomic E-state index is 0.0186. The third-order valence-corrected chi connectivity index (χ3v) is 5.56. The predicted molar refractivity (Wildman–Crippen MR) is 119 cm³/mol. The average molecular weight is 390 g/mol. The number of unbranched alkanes of at least 4 members (excludes halogenated alkanes) is 14. The van der Waals surface area contributed by atoms with Crippen LogP contribution in [0.3, 0.4) is 0 Å². The molecule has 28 heavy (non-hydrogen) atoms. The van der Waals surface area contributed by atoms with Gasteiger partial charge in [-0.2, -0.15) is 4.57 Å². The predicted octanol–water partition coefficient (Wildman–Crippen LogP) is 6.87. The summed E-state index contributed by atoms with van der Waals surface area (Å²) in [4.78, 5) is 12.0. The van der Waals surface area contributed by atoms with E-state index >= 15 is 0 Å². The summed E-state index contributed by atoms with van der Waals surface area (Å²) in [5.41, 5.74) is 0. The van der Waals surface area contributed by atoms with E-state index in [9.17, 15) is 4.79 Å². The molecule has 0 spiro atoms. The van der Waals surface area contributed by atoms with Gasteiger partial charge in [-0.1, -0.05) is 103 Å². The third kappa shape index (κ3) is 13.7. The summed E-state index contributed by atoms with van der Waals surface area (Å²) in [6.45, 7) is 4.30. The zero-order valence-corrected chi connectivity index (χ0v) is 18.6. The van der Waals surface area contributed by atoms with Gasteiger partial charge in [-0.25, -0.2) is 0 Å². The molecular formula is C25H45N2O+. The van der Waals surface area contributed by atoms with Gasteiger partial charge in [0, 0.05) is 25.5 Å². The summed E-state index contributed by atoms with van der Waals surface area (Å²) < 4.78 is 2.02. The van der Waals surface area contributed by atoms with Crippen molar-refractivity contribution in [3.8, 4) is 0 Å². The Hall–Kier alpha value is -1.38. The lowest BCUT2D eigenvalue weighted by Crippen LogP contribution is -2.47. The van der Waals surface area contributed by atoms with Gasteiger partial charge in [-0.15, -0.1) is 0 Å². The SMILES string of the molecule is CCCCCCCCCCCCCCCCCC(=O)NC(C)[n+]1ccccc1. The molecule has 1 atom stereocenters. The lowest BCUT2D eigenvalue weighted by molar-refractivity contribution is -0.723. The van der Waals surface area contributed by atoms with Gasteiger partial charge in [0.15, 0.2) is 12.4 Å². The number of pyridine rings is 1. The van der Waals surface area contributed by atoms with E-state index in [1.54, 1.807) is 0 Å². The summed E-state index contributed by atoms with van der Waals surface area (Å²) in [5, 5.41) is 3.07. The van der Waals surface area contributed by atoms with Crippen LogP contribution in [0.4, 0.5) is 0 Å². The Balaban J connectivity index is 1.83. The summed E-state index contributed by atoms with van der Waals surface area (Å²) in [6, 6.07) is 5.95. The second-order valence-corrected chi connectivity index (χ2v) is 8.27. The van der Waals surface area contributed by atoms with Gasteiger partial charge in [-0.05, 0) is 6.42 Å². The molecule has 1 aromatic rings. The fourth-order valence-electron chi connectivity index (χ4n) is 3.71. The number of amides is 1. The van der Waals surface area contributed by atoms with E-state index in [0.29, 0.717) is 6.42 Å². The molecule has 0 aliphatic carbocycles. The first-order valence-electron chi connectivity index (χ1n) is 12.0. The fraction of sp³-hybridized carbons (Fsp3) is 0.760. The Bertz CT molecular complexity index is 475. The molecule has 0 bridgehead atoms. The molecule has 0 fully saturated rings. The highest BCUT2D eigenvalue weighted by Crippen LogP contribution is 2.13. The van der Waals surface area contributed by atoms with Crippen molar-refractivity contribution >= 4 is 5.91 Å². The fourth-order valence-corrected chi connectivity index (χ4v) is 3.71. The zero-order chi connectivity index (χ0) is 20.3. The molecule has 0 aliphatic heterocycles. The van der Waals surface area contributed by atoms with Gasteiger partial charge < -0.3 is 0 Å². The maximum Gasteiger partial charge on any atom is 0.230 e. The molecule has 1 amide bonds. The lowest BCUT2D eigenvalue weighted by Gasteiger charge is -2.09. The number of hydrogen-bond donors (Lipinski definition) is 1. The molecule has 1 aromatic heterocycles. The van der Waals surface area contributed by atoms with Crippen LogP contribution in [-0.4, -0.2) is 5.91 Å². The summed E-state index contributed by atoms with van der Waals surface area (Å²) >= 11 is 0. The molecule has 3 nitrogen and oxygen atoms in total. The molecule has 1 unspecified atom stereocenters. The highest BCUT2D eigenvalue weighted by atomic mass is 16.1. The maximum atomic E-state index is 12.0. The Morgan fingerprint density at radius 3 is 1.61 bits per heavy atom. The molecule has 0 aliphatic rings. The van der Waals surface area contributed by atoms with E-state index in [-0.39, 0.29) is 12.1 Å². The number of rotatable bonds is 18. The monoisotopic (exact) mass is 389 g/mol. The second kappa shape index (κ2) is 17.7. The van der Waals surface area contributed by atoms with Gasteiger partial charge in [0.2, 0.25) is 12.1 Å². The van der Waals surface area contributed by atoms with Crippen LogP contribution in [0.5, 0.6) is 0 Å².